The van der Waals surface area contributed by atoms with Crippen LogP contribution in [0.15, 0.2) is 60.7 Å². The molecule has 4 nitrogen and oxygen atoms in total. The van der Waals surface area contributed by atoms with E-state index in [-0.39, 0.29) is 11.4 Å². The molecule has 4 rings (SSSR count). The second-order valence-corrected chi connectivity index (χ2v) is 7.04. The van der Waals surface area contributed by atoms with E-state index in [1.807, 2.05) is 18.2 Å². The molecule has 2 aromatic carbocycles. The van der Waals surface area contributed by atoms with E-state index in [0.29, 0.717) is 6.67 Å². The second-order valence-electron chi connectivity index (χ2n) is 7.04. The number of hydrogen-bond acceptors (Lipinski definition) is 3. The molecule has 0 atom stereocenters. The number of benzene rings is 2. The molecule has 130 valence electrons. The number of anilines is 1. The number of rotatable bonds is 4. The van der Waals surface area contributed by atoms with Crippen molar-refractivity contribution in [1.82, 2.24) is 10.2 Å². The molecule has 2 aliphatic rings. The third kappa shape index (κ3) is 3.14. The van der Waals surface area contributed by atoms with Crippen molar-refractivity contribution >= 4 is 11.6 Å². The molecular weight excluding hydrogens is 310 g/mol. The number of likely N-dealkylation sites (tertiary alicyclic amines) is 1. The molecule has 2 saturated heterocycles. The minimum atomic E-state index is -0.370. The van der Waals surface area contributed by atoms with Crippen LogP contribution in [-0.2, 0) is 11.2 Å². The number of carbonyl (C=O) groups is 1. The monoisotopic (exact) mass is 335 g/mol. The predicted octanol–water partition coefficient (Wildman–Crippen LogP) is 2.66. The van der Waals surface area contributed by atoms with Gasteiger partial charge in [-0.1, -0.05) is 48.5 Å². The van der Waals surface area contributed by atoms with Crippen molar-refractivity contribution in [3.05, 3.63) is 66.2 Å². The fraction of sp³-hybridized carbons (Fsp3) is 0.381. The third-order valence-electron chi connectivity index (χ3n) is 5.65. The number of amides is 1. The highest BCUT2D eigenvalue weighted by atomic mass is 16.2. The molecule has 25 heavy (non-hydrogen) atoms. The Morgan fingerprint density at radius 2 is 1.56 bits per heavy atom. The third-order valence-corrected chi connectivity index (χ3v) is 5.65. The van der Waals surface area contributed by atoms with Crippen molar-refractivity contribution in [3.8, 4) is 0 Å². The van der Waals surface area contributed by atoms with Gasteiger partial charge in [-0.05, 0) is 37.0 Å². The molecule has 0 aliphatic carbocycles. The van der Waals surface area contributed by atoms with Crippen molar-refractivity contribution in [1.29, 1.82) is 0 Å². The van der Waals surface area contributed by atoms with E-state index in [4.69, 9.17) is 0 Å². The van der Waals surface area contributed by atoms with Crippen molar-refractivity contribution in [3.63, 3.8) is 0 Å². The predicted molar refractivity (Wildman–Crippen MR) is 100 cm³/mol. The van der Waals surface area contributed by atoms with Crippen molar-refractivity contribution in [2.75, 3.05) is 31.2 Å². The minimum Gasteiger partial charge on any atom is -0.339 e. The summed E-state index contributed by atoms with van der Waals surface area (Å²) >= 11 is 0. The molecule has 2 heterocycles. The van der Waals surface area contributed by atoms with E-state index in [1.165, 1.54) is 5.56 Å². The summed E-state index contributed by atoms with van der Waals surface area (Å²) in [5.41, 5.74) is 2.15. The molecule has 2 aromatic rings. The maximum atomic E-state index is 12.6. The van der Waals surface area contributed by atoms with Crippen molar-refractivity contribution < 1.29 is 4.79 Å². The molecule has 2 fully saturated rings. The van der Waals surface area contributed by atoms with Crippen LogP contribution in [0.25, 0.3) is 0 Å². The Bertz CT molecular complexity index is 708. The second kappa shape index (κ2) is 6.89. The highest BCUT2D eigenvalue weighted by Gasteiger charge is 2.50. The molecule has 1 amide bonds. The highest BCUT2D eigenvalue weighted by Crippen LogP contribution is 2.36. The van der Waals surface area contributed by atoms with Crippen LogP contribution in [-0.4, -0.2) is 42.6 Å². The molecular formula is C21H25N3O. The Labute approximate surface area is 149 Å². The lowest BCUT2D eigenvalue weighted by molar-refractivity contribution is -0.125. The van der Waals surface area contributed by atoms with Gasteiger partial charge in [0, 0.05) is 25.3 Å². The lowest BCUT2D eigenvalue weighted by Gasteiger charge is -2.43. The number of carbonyl (C=O) groups excluding carboxylic acids is 1. The SMILES string of the molecule is O=C1NCN(c2ccccc2)C12CCN(CCc1ccccc1)CC2. The molecule has 1 spiro atoms. The number of para-hydroxylation sites is 1. The first-order chi connectivity index (χ1) is 12.3. The van der Waals surface area contributed by atoms with Crippen LogP contribution in [0.5, 0.6) is 0 Å². The van der Waals surface area contributed by atoms with Crippen molar-refractivity contribution in [2.45, 2.75) is 24.8 Å². The van der Waals surface area contributed by atoms with Gasteiger partial charge in [-0.15, -0.1) is 0 Å². The zero-order valence-corrected chi connectivity index (χ0v) is 14.5. The summed E-state index contributed by atoms with van der Waals surface area (Å²) in [6, 6.07) is 20.9. The summed E-state index contributed by atoms with van der Waals surface area (Å²) in [4.78, 5) is 17.4. The van der Waals surface area contributed by atoms with Gasteiger partial charge in [0.1, 0.15) is 5.54 Å². The Morgan fingerprint density at radius 3 is 2.24 bits per heavy atom. The van der Waals surface area contributed by atoms with E-state index in [2.05, 4.69) is 57.6 Å². The zero-order valence-electron chi connectivity index (χ0n) is 14.5. The first kappa shape index (κ1) is 16.2. The van der Waals surface area contributed by atoms with Gasteiger partial charge in [-0.25, -0.2) is 0 Å². The number of nitrogens with zero attached hydrogens (tertiary/aromatic N) is 2. The molecule has 1 N–H and O–H groups in total. The average Bonchev–Trinajstić information content (AvgIpc) is 2.99. The molecule has 2 aliphatic heterocycles. The van der Waals surface area contributed by atoms with Gasteiger partial charge in [-0.2, -0.15) is 0 Å². The van der Waals surface area contributed by atoms with E-state index in [0.717, 1.165) is 44.6 Å². The molecule has 0 aromatic heterocycles. The summed E-state index contributed by atoms with van der Waals surface area (Å²) in [5.74, 6) is 0.194. The Morgan fingerprint density at radius 1 is 0.920 bits per heavy atom. The fourth-order valence-electron chi connectivity index (χ4n) is 4.11. The fourth-order valence-corrected chi connectivity index (χ4v) is 4.11. The minimum absolute atomic E-state index is 0.194. The van der Waals surface area contributed by atoms with Crippen molar-refractivity contribution in [2.24, 2.45) is 0 Å². The number of piperidine rings is 1. The van der Waals surface area contributed by atoms with Crippen LogP contribution in [0.3, 0.4) is 0 Å². The summed E-state index contributed by atoms with van der Waals surface area (Å²) < 4.78 is 0. The first-order valence-corrected chi connectivity index (χ1v) is 9.15. The number of nitrogens with one attached hydrogen (secondary N) is 1. The topological polar surface area (TPSA) is 35.6 Å². The van der Waals surface area contributed by atoms with Gasteiger partial charge in [-0.3, -0.25) is 4.79 Å². The highest BCUT2D eigenvalue weighted by molar-refractivity contribution is 5.93. The summed E-state index contributed by atoms with van der Waals surface area (Å²) in [5, 5.41) is 3.07. The standard InChI is InChI=1S/C21H25N3O/c25-20-21(24(17-22-20)19-9-5-2-6-10-19)12-15-23(16-13-21)14-11-18-7-3-1-4-8-18/h1-10H,11-17H2,(H,22,25). The van der Waals surface area contributed by atoms with E-state index in [1.54, 1.807) is 0 Å². The van der Waals surface area contributed by atoms with Crippen LogP contribution in [0.2, 0.25) is 0 Å². The van der Waals surface area contributed by atoms with Gasteiger partial charge in [0.25, 0.3) is 0 Å². The molecule has 0 unspecified atom stereocenters. The maximum absolute atomic E-state index is 12.6. The zero-order chi connectivity index (χ0) is 17.1. The molecule has 0 bridgehead atoms. The molecule has 0 radical (unpaired) electrons. The lowest BCUT2D eigenvalue weighted by Crippen LogP contribution is -2.56. The Hall–Kier alpha value is -2.33. The smallest absolute Gasteiger partial charge is 0.247 e. The largest absolute Gasteiger partial charge is 0.339 e. The van der Waals surface area contributed by atoms with Gasteiger partial charge in [0.05, 0.1) is 6.67 Å². The van der Waals surface area contributed by atoms with E-state index in [9.17, 15) is 4.79 Å². The number of hydrogen-bond donors (Lipinski definition) is 1. The van der Waals surface area contributed by atoms with E-state index >= 15 is 0 Å². The van der Waals surface area contributed by atoms with Gasteiger partial charge >= 0.3 is 0 Å². The van der Waals surface area contributed by atoms with Crippen LogP contribution >= 0.6 is 0 Å². The normalized spacial score (nSPS) is 20.0. The van der Waals surface area contributed by atoms with Crippen LogP contribution in [0, 0.1) is 0 Å². The maximum Gasteiger partial charge on any atom is 0.247 e. The first-order valence-electron chi connectivity index (χ1n) is 9.15. The Balaban J connectivity index is 1.41. The summed E-state index contributed by atoms with van der Waals surface area (Å²) in [7, 11) is 0. The average molecular weight is 335 g/mol. The molecule has 4 heteroatoms. The van der Waals surface area contributed by atoms with Gasteiger partial charge < -0.3 is 15.1 Å². The van der Waals surface area contributed by atoms with Crippen LogP contribution < -0.4 is 10.2 Å². The summed E-state index contributed by atoms with van der Waals surface area (Å²) in [6.07, 6.45) is 2.85. The van der Waals surface area contributed by atoms with Crippen LogP contribution in [0.4, 0.5) is 5.69 Å². The van der Waals surface area contributed by atoms with Gasteiger partial charge in [0.2, 0.25) is 5.91 Å². The molecule has 0 saturated carbocycles. The quantitative estimate of drug-likeness (QED) is 0.933. The van der Waals surface area contributed by atoms with E-state index < -0.39 is 0 Å². The summed E-state index contributed by atoms with van der Waals surface area (Å²) in [6.45, 7) is 3.63. The van der Waals surface area contributed by atoms with Gasteiger partial charge in [0.15, 0.2) is 0 Å². The lowest BCUT2D eigenvalue weighted by atomic mass is 9.85. The van der Waals surface area contributed by atoms with Crippen LogP contribution in [0.1, 0.15) is 18.4 Å². The Kier molecular flexibility index (Phi) is 4.45.